The van der Waals surface area contributed by atoms with E-state index in [4.69, 9.17) is 9.47 Å². The summed E-state index contributed by atoms with van der Waals surface area (Å²) in [5.74, 6) is 2.07. The summed E-state index contributed by atoms with van der Waals surface area (Å²) in [4.78, 5) is 13.6. The predicted octanol–water partition coefficient (Wildman–Crippen LogP) is 9.16. The summed E-state index contributed by atoms with van der Waals surface area (Å²) >= 11 is 0. The molecule has 4 N–H and O–H groups in total. The monoisotopic (exact) mass is 586 g/mol. The number of rotatable bonds is 17. The molecule has 2 aromatic carbocycles. The van der Waals surface area contributed by atoms with Crippen molar-refractivity contribution in [2.45, 2.75) is 50.4 Å². The van der Waals surface area contributed by atoms with E-state index in [2.05, 4.69) is 92.7 Å². The fourth-order valence-electron chi connectivity index (χ4n) is 6.08. The molecule has 4 aromatic heterocycles. The third-order valence-electron chi connectivity index (χ3n) is 8.25. The molecule has 6 aromatic rings. The van der Waals surface area contributed by atoms with E-state index in [1.807, 2.05) is 49.1 Å². The van der Waals surface area contributed by atoms with Crippen LogP contribution in [0.1, 0.15) is 84.3 Å². The van der Waals surface area contributed by atoms with Crippen LogP contribution in [0.15, 0.2) is 122 Å². The molecule has 4 heterocycles. The molecule has 0 unspecified atom stereocenters. The van der Waals surface area contributed by atoms with Crippen LogP contribution in [-0.2, 0) is 0 Å². The maximum atomic E-state index is 6.34. The van der Waals surface area contributed by atoms with Crippen molar-refractivity contribution >= 4 is 0 Å². The highest BCUT2D eigenvalue weighted by atomic mass is 16.5. The van der Waals surface area contributed by atoms with Gasteiger partial charge < -0.3 is 29.4 Å². The van der Waals surface area contributed by atoms with Gasteiger partial charge in [0.25, 0.3) is 0 Å². The van der Waals surface area contributed by atoms with Crippen molar-refractivity contribution in [3.05, 3.63) is 156 Å². The summed E-state index contributed by atoms with van der Waals surface area (Å²) < 4.78 is 12.7. The van der Waals surface area contributed by atoms with Gasteiger partial charge in [0.1, 0.15) is 11.5 Å². The van der Waals surface area contributed by atoms with E-state index in [-0.39, 0.29) is 11.8 Å². The van der Waals surface area contributed by atoms with Gasteiger partial charge in [-0.3, -0.25) is 0 Å². The van der Waals surface area contributed by atoms with E-state index in [1.165, 1.54) is 24.0 Å². The van der Waals surface area contributed by atoms with Gasteiger partial charge in [-0.05, 0) is 73.5 Å². The first-order chi connectivity index (χ1) is 21.9. The van der Waals surface area contributed by atoms with E-state index in [9.17, 15) is 0 Å². The lowest BCUT2D eigenvalue weighted by atomic mass is 9.92. The van der Waals surface area contributed by atoms with Crippen LogP contribution in [0.3, 0.4) is 0 Å². The fraction of sp³-hybridized carbons (Fsp3) is 0.263. The van der Waals surface area contributed by atoms with Crippen LogP contribution in [-0.4, -0.2) is 33.1 Å². The van der Waals surface area contributed by atoms with E-state index >= 15 is 0 Å². The normalized spacial score (nSPS) is 11.4. The molecule has 0 radical (unpaired) electrons. The van der Waals surface area contributed by atoms with Gasteiger partial charge in [-0.2, -0.15) is 0 Å². The van der Waals surface area contributed by atoms with E-state index in [0.717, 1.165) is 73.2 Å². The average Bonchev–Trinajstić information content (AvgIpc) is 3.89. The van der Waals surface area contributed by atoms with Crippen molar-refractivity contribution < 1.29 is 9.47 Å². The number of hydrogen-bond acceptors (Lipinski definition) is 2. The highest BCUT2D eigenvalue weighted by Gasteiger charge is 2.23. The maximum absolute atomic E-state index is 6.34. The summed E-state index contributed by atoms with van der Waals surface area (Å²) in [7, 11) is 0. The number of nitrogens with one attached hydrogen (secondary N) is 4. The zero-order valence-electron chi connectivity index (χ0n) is 25.2. The number of para-hydroxylation sites is 2. The first-order valence-electron chi connectivity index (χ1n) is 15.8. The molecule has 0 aliphatic carbocycles. The van der Waals surface area contributed by atoms with Crippen molar-refractivity contribution in [2.24, 2.45) is 0 Å². The molecule has 6 rings (SSSR count). The van der Waals surface area contributed by atoms with Gasteiger partial charge in [0.05, 0.1) is 25.0 Å². The van der Waals surface area contributed by atoms with Crippen LogP contribution in [0.2, 0.25) is 0 Å². The maximum Gasteiger partial charge on any atom is 0.123 e. The molecule has 0 amide bonds. The van der Waals surface area contributed by atoms with Crippen LogP contribution in [0.5, 0.6) is 11.5 Å². The Hall–Kier alpha value is -4.84. The van der Waals surface area contributed by atoms with Gasteiger partial charge >= 0.3 is 0 Å². The summed E-state index contributed by atoms with van der Waals surface area (Å²) in [6.07, 6.45) is 14.7. The highest BCUT2D eigenvalue weighted by molar-refractivity contribution is 5.47. The molecular formula is C38H42N4O2. The number of hydrogen-bond donors (Lipinski definition) is 4. The van der Waals surface area contributed by atoms with Gasteiger partial charge in [-0.1, -0.05) is 62.1 Å². The Balaban J connectivity index is 0.932. The minimum absolute atomic E-state index is 0.0817. The third kappa shape index (κ3) is 7.20. The quantitative estimate of drug-likeness (QED) is 0.0804. The highest BCUT2D eigenvalue weighted by Crippen LogP contribution is 2.37. The molecule has 0 aliphatic rings. The van der Waals surface area contributed by atoms with Crippen molar-refractivity contribution in [1.29, 1.82) is 0 Å². The standard InChI is InChI=1S/C38H42N4O2/c1(3-9-27-43-35-21-7-5-15-29(35)37(31-17-11-23-39-31)32-18-12-24-40-32)2-4-10-28-44-36-22-8-6-16-30(36)38(33-19-13-25-41-33)34-20-14-26-42-34/h5-8,11-26,37-42H,1-4,9-10,27-28H2. The van der Waals surface area contributed by atoms with Crippen LogP contribution in [0.25, 0.3) is 0 Å². The number of aromatic nitrogens is 4. The van der Waals surface area contributed by atoms with Crippen LogP contribution in [0, 0.1) is 0 Å². The molecule has 0 spiro atoms. The van der Waals surface area contributed by atoms with E-state index < -0.39 is 0 Å². The molecule has 0 bridgehead atoms. The lowest BCUT2D eigenvalue weighted by Gasteiger charge is -2.19. The second-order valence-corrected chi connectivity index (χ2v) is 11.3. The Morgan fingerprint density at radius 1 is 0.386 bits per heavy atom. The largest absolute Gasteiger partial charge is 0.493 e. The lowest BCUT2D eigenvalue weighted by molar-refractivity contribution is 0.294. The van der Waals surface area contributed by atoms with E-state index in [1.54, 1.807) is 0 Å². The van der Waals surface area contributed by atoms with Gasteiger partial charge in [0.15, 0.2) is 0 Å². The number of H-pyrrole nitrogens is 4. The van der Waals surface area contributed by atoms with Crippen LogP contribution < -0.4 is 9.47 Å². The summed E-state index contributed by atoms with van der Waals surface area (Å²) in [6.45, 7) is 1.45. The first kappa shape index (κ1) is 29.2. The van der Waals surface area contributed by atoms with Crippen molar-refractivity contribution in [1.82, 2.24) is 19.9 Å². The SMILES string of the molecule is c1c[nH]c(C(c2ccc[nH]2)c2ccccc2OCCCCCCCCOc2ccccc2C(c2ccc[nH]2)c2ccc[nH]2)c1. The molecule has 0 aliphatic heterocycles. The second kappa shape index (κ2) is 15.1. The van der Waals surface area contributed by atoms with Crippen LogP contribution in [0.4, 0.5) is 0 Å². The molecule has 44 heavy (non-hydrogen) atoms. The Morgan fingerprint density at radius 2 is 0.727 bits per heavy atom. The molecule has 6 heteroatoms. The minimum Gasteiger partial charge on any atom is -0.493 e. The Labute approximate surface area is 259 Å². The number of unbranched alkanes of at least 4 members (excludes halogenated alkanes) is 5. The summed E-state index contributed by atoms with van der Waals surface area (Å²) in [5, 5.41) is 0. The molecule has 0 fully saturated rings. The summed E-state index contributed by atoms with van der Waals surface area (Å²) in [5.41, 5.74) is 6.94. The van der Waals surface area contributed by atoms with Gasteiger partial charge in [-0.25, -0.2) is 0 Å². The molecule has 226 valence electrons. The smallest absolute Gasteiger partial charge is 0.123 e. The van der Waals surface area contributed by atoms with Gasteiger partial charge in [0, 0.05) is 58.7 Å². The molecule has 0 saturated carbocycles. The van der Waals surface area contributed by atoms with E-state index in [0.29, 0.717) is 0 Å². The van der Waals surface area contributed by atoms with Gasteiger partial charge in [0.2, 0.25) is 0 Å². The van der Waals surface area contributed by atoms with Crippen molar-refractivity contribution in [2.75, 3.05) is 13.2 Å². The predicted molar refractivity (Wildman–Crippen MR) is 177 cm³/mol. The average molecular weight is 587 g/mol. The van der Waals surface area contributed by atoms with Crippen molar-refractivity contribution in [3.8, 4) is 11.5 Å². The zero-order chi connectivity index (χ0) is 29.8. The number of benzene rings is 2. The Kier molecular flexibility index (Phi) is 10.0. The third-order valence-corrected chi connectivity index (χ3v) is 8.25. The molecule has 0 atom stereocenters. The Bertz CT molecular complexity index is 1430. The molecule has 0 saturated heterocycles. The lowest BCUT2D eigenvalue weighted by Crippen LogP contribution is -2.08. The van der Waals surface area contributed by atoms with Gasteiger partial charge in [-0.15, -0.1) is 0 Å². The number of ether oxygens (including phenoxy) is 2. The van der Waals surface area contributed by atoms with Crippen LogP contribution >= 0.6 is 0 Å². The second-order valence-electron chi connectivity index (χ2n) is 11.3. The molecular weight excluding hydrogens is 544 g/mol. The Morgan fingerprint density at radius 3 is 1.07 bits per heavy atom. The molecule has 6 nitrogen and oxygen atoms in total. The zero-order valence-corrected chi connectivity index (χ0v) is 25.2. The fourth-order valence-corrected chi connectivity index (χ4v) is 6.08. The first-order valence-corrected chi connectivity index (χ1v) is 15.8. The van der Waals surface area contributed by atoms with Crippen molar-refractivity contribution in [3.63, 3.8) is 0 Å². The summed E-state index contributed by atoms with van der Waals surface area (Å²) in [6, 6.07) is 33.5. The topological polar surface area (TPSA) is 81.6 Å². The minimum atomic E-state index is 0.0817. The number of aromatic amines is 4.